The van der Waals surface area contributed by atoms with E-state index in [-0.39, 0.29) is 18.3 Å². The molecular formula is C21H24N4O3S. The maximum absolute atomic E-state index is 12.1. The third-order valence-electron chi connectivity index (χ3n) is 4.04. The van der Waals surface area contributed by atoms with Crippen molar-refractivity contribution in [3.05, 3.63) is 72.0 Å². The van der Waals surface area contributed by atoms with Crippen LogP contribution in [-0.4, -0.2) is 26.4 Å². The number of rotatable bonds is 10. The summed E-state index contributed by atoms with van der Waals surface area (Å²) in [6, 6.07) is 9.67. The van der Waals surface area contributed by atoms with Gasteiger partial charge in [0.1, 0.15) is 18.1 Å². The highest BCUT2D eigenvalue weighted by Crippen LogP contribution is 2.20. The van der Waals surface area contributed by atoms with E-state index < -0.39 is 0 Å². The molecule has 7 nitrogen and oxygen atoms in total. The zero-order valence-electron chi connectivity index (χ0n) is 16.6. The molecule has 152 valence electrons. The topological polar surface area (TPSA) is 82.2 Å². The Kier molecular flexibility index (Phi) is 7.13. The molecule has 3 aromatic rings. The van der Waals surface area contributed by atoms with Gasteiger partial charge in [0.25, 0.3) is 0 Å². The lowest BCUT2D eigenvalue weighted by Crippen LogP contribution is -2.24. The normalized spacial score (nSPS) is 10.7. The second-order valence-corrected chi connectivity index (χ2v) is 7.50. The van der Waals surface area contributed by atoms with Gasteiger partial charge in [-0.3, -0.25) is 9.36 Å². The lowest BCUT2D eigenvalue weighted by molar-refractivity contribution is -0.118. The lowest BCUT2D eigenvalue weighted by Gasteiger charge is -2.10. The summed E-state index contributed by atoms with van der Waals surface area (Å²) in [6.07, 6.45) is 3.35. The van der Waals surface area contributed by atoms with Gasteiger partial charge in [0.2, 0.25) is 5.91 Å². The number of amides is 1. The highest BCUT2D eigenvalue weighted by molar-refractivity contribution is 7.99. The van der Waals surface area contributed by atoms with Crippen LogP contribution in [0, 0.1) is 13.8 Å². The van der Waals surface area contributed by atoms with Crippen molar-refractivity contribution in [2.24, 2.45) is 0 Å². The molecule has 0 radical (unpaired) electrons. The molecule has 8 heteroatoms. The minimum atomic E-state index is -0.104. The number of thioether (sulfide) groups is 1. The summed E-state index contributed by atoms with van der Waals surface area (Å²) < 4.78 is 13.0. The lowest BCUT2D eigenvalue weighted by atomic mass is 10.1. The molecule has 0 bridgehead atoms. The number of hydrogen-bond donors (Lipinski definition) is 1. The molecule has 1 aromatic carbocycles. The molecule has 0 spiro atoms. The molecule has 1 amide bonds. The quantitative estimate of drug-likeness (QED) is 0.404. The van der Waals surface area contributed by atoms with E-state index in [1.54, 1.807) is 18.4 Å². The highest BCUT2D eigenvalue weighted by Gasteiger charge is 2.14. The maximum Gasteiger partial charge on any atom is 0.230 e. The van der Waals surface area contributed by atoms with Crippen LogP contribution in [0.25, 0.3) is 0 Å². The number of nitrogens with one attached hydrogen (secondary N) is 1. The summed E-state index contributed by atoms with van der Waals surface area (Å²) >= 11 is 1.32. The fraction of sp³-hybridized carbons (Fsp3) is 0.286. The molecule has 0 atom stereocenters. The number of hydrogen-bond acceptors (Lipinski definition) is 6. The van der Waals surface area contributed by atoms with Gasteiger partial charge in [-0.15, -0.1) is 16.8 Å². The van der Waals surface area contributed by atoms with Crippen molar-refractivity contribution in [3.63, 3.8) is 0 Å². The summed E-state index contributed by atoms with van der Waals surface area (Å²) in [5.74, 6) is 2.31. The van der Waals surface area contributed by atoms with E-state index in [4.69, 9.17) is 9.15 Å². The van der Waals surface area contributed by atoms with Crippen molar-refractivity contribution in [1.29, 1.82) is 0 Å². The molecule has 3 rings (SSSR count). The largest absolute Gasteiger partial charge is 0.486 e. The highest BCUT2D eigenvalue weighted by atomic mass is 32.2. The van der Waals surface area contributed by atoms with Gasteiger partial charge in [0, 0.05) is 6.54 Å². The van der Waals surface area contributed by atoms with Gasteiger partial charge in [0.15, 0.2) is 11.0 Å². The van der Waals surface area contributed by atoms with E-state index in [1.165, 1.54) is 11.8 Å². The van der Waals surface area contributed by atoms with Crippen LogP contribution < -0.4 is 10.1 Å². The Hall–Kier alpha value is -3.00. The van der Waals surface area contributed by atoms with Gasteiger partial charge in [0.05, 0.1) is 18.6 Å². The van der Waals surface area contributed by atoms with Gasteiger partial charge in [-0.25, -0.2) is 0 Å². The van der Waals surface area contributed by atoms with Gasteiger partial charge in [-0.2, -0.15) is 0 Å². The van der Waals surface area contributed by atoms with Crippen LogP contribution in [0.3, 0.4) is 0 Å². The molecule has 0 aliphatic carbocycles. The summed E-state index contributed by atoms with van der Waals surface area (Å²) in [7, 11) is 0. The fourth-order valence-corrected chi connectivity index (χ4v) is 3.59. The van der Waals surface area contributed by atoms with Crippen LogP contribution in [0.1, 0.15) is 22.7 Å². The van der Waals surface area contributed by atoms with Gasteiger partial charge in [-0.05, 0) is 49.2 Å². The Morgan fingerprint density at radius 2 is 2.10 bits per heavy atom. The van der Waals surface area contributed by atoms with Crippen molar-refractivity contribution in [2.75, 3.05) is 5.75 Å². The number of ether oxygens (including phenoxy) is 1. The van der Waals surface area contributed by atoms with E-state index in [9.17, 15) is 4.79 Å². The number of aromatic nitrogens is 3. The Morgan fingerprint density at radius 1 is 1.31 bits per heavy atom. The van der Waals surface area contributed by atoms with Crippen LogP contribution in [0.15, 0.2) is 58.8 Å². The minimum Gasteiger partial charge on any atom is -0.486 e. The van der Waals surface area contributed by atoms with Gasteiger partial charge < -0.3 is 14.5 Å². The number of furan rings is 1. The first-order valence-corrected chi connectivity index (χ1v) is 10.2. The summed E-state index contributed by atoms with van der Waals surface area (Å²) in [6.45, 7) is 9.05. The smallest absolute Gasteiger partial charge is 0.230 e. The Labute approximate surface area is 174 Å². The molecule has 0 fully saturated rings. The van der Waals surface area contributed by atoms with Crippen LogP contribution >= 0.6 is 11.8 Å². The molecule has 2 aromatic heterocycles. The first-order chi connectivity index (χ1) is 14.0. The average molecular weight is 413 g/mol. The van der Waals surface area contributed by atoms with Gasteiger partial charge >= 0.3 is 0 Å². The maximum atomic E-state index is 12.1. The Morgan fingerprint density at radius 3 is 2.79 bits per heavy atom. The second-order valence-electron chi connectivity index (χ2n) is 6.55. The van der Waals surface area contributed by atoms with Crippen molar-refractivity contribution in [1.82, 2.24) is 20.1 Å². The molecule has 0 aliphatic heterocycles. The number of carbonyl (C=O) groups excluding carboxylic acids is 1. The van der Waals surface area contributed by atoms with Crippen LogP contribution in [0.5, 0.6) is 5.75 Å². The third-order valence-corrected chi connectivity index (χ3v) is 5.01. The molecule has 0 saturated heterocycles. The molecular weight excluding hydrogens is 388 g/mol. The van der Waals surface area contributed by atoms with E-state index >= 15 is 0 Å². The van der Waals surface area contributed by atoms with E-state index in [0.717, 1.165) is 16.9 Å². The second kappa shape index (κ2) is 9.97. The molecule has 0 saturated carbocycles. The average Bonchev–Trinajstić information content (AvgIpc) is 3.33. The number of nitrogens with zero attached hydrogens (tertiary/aromatic N) is 3. The van der Waals surface area contributed by atoms with Crippen molar-refractivity contribution >= 4 is 17.7 Å². The fourth-order valence-electron chi connectivity index (χ4n) is 2.79. The van der Waals surface area contributed by atoms with Crippen molar-refractivity contribution in [3.8, 4) is 5.75 Å². The summed E-state index contributed by atoms with van der Waals surface area (Å²) in [5, 5.41) is 11.9. The first-order valence-electron chi connectivity index (χ1n) is 9.21. The van der Waals surface area contributed by atoms with Crippen LogP contribution in [-0.2, 0) is 24.5 Å². The van der Waals surface area contributed by atoms with E-state index in [2.05, 4.69) is 28.2 Å². The van der Waals surface area contributed by atoms with Gasteiger partial charge in [-0.1, -0.05) is 23.9 Å². The molecule has 2 heterocycles. The third kappa shape index (κ3) is 5.99. The molecule has 0 unspecified atom stereocenters. The number of benzene rings is 1. The SMILES string of the molecule is C=CCn1c(COc2cc(C)cc(C)c2)nnc1SCC(=O)NCc1ccco1. The summed E-state index contributed by atoms with van der Waals surface area (Å²) in [4.78, 5) is 12.1. The Balaban J connectivity index is 1.58. The monoisotopic (exact) mass is 412 g/mol. The zero-order valence-corrected chi connectivity index (χ0v) is 17.4. The molecule has 29 heavy (non-hydrogen) atoms. The summed E-state index contributed by atoms with van der Waals surface area (Å²) in [5.41, 5.74) is 2.29. The van der Waals surface area contributed by atoms with E-state index in [0.29, 0.717) is 29.8 Å². The first kappa shape index (κ1) is 20.7. The predicted octanol–water partition coefficient (Wildman–Crippen LogP) is 3.66. The minimum absolute atomic E-state index is 0.104. The molecule has 0 aliphatic rings. The van der Waals surface area contributed by atoms with Crippen LogP contribution in [0.4, 0.5) is 0 Å². The number of carbonyl (C=O) groups is 1. The Bertz CT molecular complexity index is 946. The predicted molar refractivity (Wildman–Crippen MR) is 112 cm³/mol. The zero-order chi connectivity index (χ0) is 20.6. The number of allylic oxidation sites excluding steroid dienone is 1. The van der Waals surface area contributed by atoms with Crippen LogP contribution in [0.2, 0.25) is 0 Å². The standard InChI is InChI=1S/C21H24N4O3S/c1-4-7-25-19(13-28-18-10-15(2)9-16(3)11-18)23-24-21(25)29-14-20(26)22-12-17-6-5-8-27-17/h4-6,8-11H,1,7,12-14H2,2-3H3,(H,22,26). The van der Waals surface area contributed by atoms with Crippen molar-refractivity contribution in [2.45, 2.75) is 38.7 Å². The van der Waals surface area contributed by atoms with Crippen molar-refractivity contribution < 1.29 is 13.9 Å². The number of aryl methyl sites for hydroxylation is 2. The van der Waals surface area contributed by atoms with E-state index in [1.807, 2.05) is 36.6 Å². The molecule has 1 N–H and O–H groups in total.